The van der Waals surface area contributed by atoms with Gasteiger partial charge in [0.1, 0.15) is 12.1 Å². The third-order valence-corrected chi connectivity index (χ3v) is 3.61. The van der Waals surface area contributed by atoms with Crippen LogP contribution < -0.4 is 9.64 Å². The third kappa shape index (κ3) is 3.11. The van der Waals surface area contributed by atoms with E-state index in [-0.39, 0.29) is 6.10 Å². The monoisotopic (exact) mass is 315 g/mol. The van der Waals surface area contributed by atoms with Crippen LogP contribution in [0.1, 0.15) is 13.8 Å². The molecule has 0 spiro atoms. The minimum Gasteiger partial charge on any atom is -0.478 e. The summed E-state index contributed by atoms with van der Waals surface area (Å²) in [5, 5.41) is 0.833. The molecule has 0 aliphatic carbocycles. The number of rotatable bonds is 4. The summed E-state index contributed by atoms with van der Waals surface area (Å²) in [6.07, 6.45) is 1.75. The number of halogens is 1. The Morgan fingerprint density at radius 1 is 1.56 bits per heavy atom. The lowest BCUT2D eigenvalue weighted by Gasteiger charge is -2.38. The number of ether oxygens (including phenoxy) is 2. The van der Waals surface area contributed by atoms with Gasteiger partial charge in [-0.2, -0.15) is 0 Å². The second kappa shape index (κ2) is 6.33. The summed E-state index contributed by atoms with van der Waals surface area (Å²) in [4.78, 5) is 10.7. The summed E-state index contributed by atoms with van der Waals surface area (Å²) < 4.78 is 11.1. The molecule has 2 unspecified atom stereocenters. The van der Waals surface area contributed by atoms with Crippen molar-refractivity contribution in [2.45, 2.75) is 26.0 Å². The number of aromatic nitrogens is 2. The molecule has 0 N–H and O–H groups in total. The second-order valence-corrected chi connectivity index (χ2v) is 4.91. The van der Waals surface area contributed by atoms with Gasteiger partial charge in [-0.05, 0) is 13.8 Å². The average Bonchev–Trinajstić information content (AvgIpc) is 2.40. The molecule has 18 heavy (non-hydrogen) atoms. The molecule has 0 aromatic carbocycles. The molecular weight excluding hydrogens is 298 g/mol. The first-order valence-corrected chi connectivity index (χ1v) is 7.25. The summed E-state index contributed by atoms with van der Waals surface area (Å²) in [6, 6.07) is 2.20. The van der Waals surface area contributed by atoms with Gasteiger partial charge in [-0.1, -0.05) is 15.9 Å². The van der Waals surface area contributed by atoms with Crippen molar-refractivity contribution >= 4 is 21.7 Å². The minimum atomic E-state index is 0.201. The Labute approximate surface area is 116 Å². The van der Waals surface area contributed by atoms with Crippen molar-refractivity contribution < 1.29 is 9.47 Å². The lowest BCUT2D eigenvalue weighted by molar-refractivity contribution is 0.0376. The highest BCUT2D eigenvalue weighted by Crippen LogP contribution is 2.22. The molecule has 6 heteroatoms. The van der Waals surface area contributed by atoms with Crippen molar-refractivity contribution in [2.24, 2.45) is 0 Å². The van der Waals surface area contributed by atoms with E-state index in [0.29, 0.717) is 25.1 Å². The van der Waals surface area contributed by atoms with Crippen molar-refractivity contribution in [1.29, 1.82) is 0 Å². The van der Waals surface area contributed by atoms with E-state index >= 15 is 0 Å². The lowest BCUT2D eigenvalue weighted by atomic mass is 10.2. The first-order chi connectivity index (χ1) is 8.74. The maximum absolute atomic E-state index is 5.71. The summed E-state index contributed by atoms with van der Waals surface area (Å²) >= 11 is 3.46. The van der Waals surface area contributed by atoms with Crippen LogP contribution in [0.2, 0.25) is 0 Å². The highest BCUT2D eigenvalue weighted by Gasteiger charge is 2.26. The van der Waals surface area contributed by atoms with Crippen LogP contribution >= 0.6 is 15.9 Å². The van der Waals surface area contributed by atoms with Crippen LogP contribution in [-0.4, -0.2) is 47.2 Å². The van der Waals surface area contributed by atoms with Crippen LogP contribution in [0, 0.1) is 0 Å². The fraction of sp³-hybridized carbons (Fsp3) is 0.667. The maximum atomic E-state index is 5.71. The van der Waals surface area contributed by atoms with Gasteiger partial charge in [0.15, 0.2) is 0 Å². The smallest absolute Gasteiger partial charge is 0.218 e. The van der Waals surface area contributed by atoms with Crippen LogP contribution in [-0.2, 0) is 4.74 Å². The van der Waals surface area contributed by atoms with E-state index in [2.05, 4.69) is 37.7 Å². The minimum absolute atomic E-state index is 0.201. The maximum Gasteiger partial charge on any atom is 0.218 e. The molecule has 0 saturated carbocycles. The van der Waals surface area contributed by atoms with Crippen molar-refractivity contribution in [1.82, 2.24) is 9.97 Å². The Bertz CT molecular complexity index is 391. The van der Waals surface area contributed by atoms with Crippen molar-refractivity contribution in [3.05, 3.63) is 12.4 Å². The SMILES string of the molecule is CCOc1cc(N2CC(CBr)OCC2C)ncn1. The Morgan fingerprint density at radius 3 is 3.11 bits per heavy atom. The molecule has 0 bridgehead atoms. The molecule has 1 aromatic heterocycles. The largest absolute Gasteiger partial charge is 0.478 e. The molecular formula is C12H18BrN3O2. The lowest BCUT2D eigenvalue weighted by Crippen LogP contribution is -2.49. The highest BCUT2D eigenvalue weighted by molar-refractivity contribution is 9.09. The van der Waals surface area contributed by atoms with Crippen LogP contribution in [0.4, 0.5) is 5.82 Å². The zero-order valence-electron chi connectivity index (χ0n) is 10.7. The fourth-order valence-electron chi connectivity index (χ4n) is 1.94. The zero-order valence-corrected chi connectivity index (χ0v) is 12.3. The van der Waals surface area contributed by atoms with Gasteiger partial charge in [0, 0.05) is 17.9 Å². The van der Waals surface area contributed by atoms with E-state index in [1.165, 1.54) is 0 Å². The number of alkyl halides is 1. The van der Waals surface area contributed by atoms with Crippen LogP contribution in [0.3, 0.4) is 0 Å². The summed E-state index contributed by atoms with van der Waals surface area (Å²) in [5.41, 5.74) is 0. The van der Waals surface area contributed by atoms with E-state index < -0.39 is 0 Å². The van der Waals surface area contributed by atoms with E-state index in [1.807, 2.05) is 13.0 Å². The van der Waals surface area contributed by atoms with Crippen LogP contribution in [0.25, 0.3) is 0 Å². The first kappa shape index (κ1) is 13.5. The quantitative estimate of drug-likeness (QED) is 0.794. The van der Waals surface area contributed by atoms with Gasteiger partial charge in [0.05, 0.1) is 25.4 Å². The zero-order chi connectivity index (χ0) is 13.0. The van der Waals surface area contributed by atoms with E-state index in [0.717, 1.165) is 17.7 Å². The molecule has 1 aliphatic heterocycles. The number of anilines is 1. The molecule has 0 amide bonds. The van der Waals surface area contributed by atoms with Gasteiger partial charge in [-0.3, -0.25) is 0 Å². The molecule has 2 atom stereocenters. The Kier molecular flexibility index (Phi) is 4.77. The van der Waals surface area contributed by atoms with Crippen molar-refractivity contribution in [3.8, 4) is 5.88 Å². The van der Waals surface area contributed by atoms with Gasteiger partial charge >= 0.3 is 0 Å². The topological polar surface area (TPSA) is 47.5 Å². The number of morpholine rings is 1. The van der Waals surface area contributed by atoms with Crippen molar-refractivity contribution in [2.75, 3.05) is 30.0 Å². The molecule has 1 saturated heterocycles. The van der Waals surface area contributed by atoms with Gasteiger partial charge in [0.2, 0.25) is 5.88 Å². The van der Waals surface area contributed by atoms with Crippen LogP contribution in [0.5, 0.6) is 5.88 Å². The molecule has 0 radical (unpaired) electrons. The van der Waals surface area contributed by atoms with E-state index in [4.69, 9.17) is 9.47 Å². The second-order valence-electron chi connectivity index (χ2n) is 4.26. The third-order valence-electron chi connectivity index (χ3n) is 2.89. The average molecular weight is 316 g/mol. The highest BCUT2D eigenvalue weighted by atomic mass is 79.9. The molecule has 2 rings (SSSR count). The van der Waals surface area contributed by atoms with Gasteiger partial charge < -0.3 is 14.4 Å². The van der Waals surface area contributed by atoms with Crippen molar-refractivity contribution in [3.63, 3.8) is 0 Å². The number of nitrogens with zero attached hydrogens (tertiary/aromatic N) is 3. The molecule has 2 heterocycles. The standard InChI is InChI=1S/C12H18BrN3O2/c1-3-17-12-4-11(14-8-15-12)16-6-10(5-13)18-7-9(16)2/h4,8-10H,3,5-7H2,1-2H3. The summed E-state index contributed by atoms with van der Waals surface area (Å²) in [7, 11) is 0. The molecule has 5 nitrogen and oxygen atoms in total. The summed E-state index contributed by atoms with van der Waals surface area (Å²) in [6.45, 7) is 6.23. The van der Waals surface area contributed by atoms with E-state index in [9.17, 15) is 0 Å². The first-order valence-electron chi connectivity index (χ1n) is 6.13. The predicted octanol–water partition coefficient (Wildman–Crippen LogP) is 1.86. The Morgan fingerprint density at radius 2 is 2.39 bits per heavy atom. The number of hydrogen-bond donors (Lipinski definition) is 0. The molecule has 1 aromatic rings. The molecule has 100 valence electrons. The van der Waals surface area contributed by atoms with Crippen LogP contribution in [0.15, 0.2) is 12.4 Å². The Balaban J connectivity index is 2.15. The fourth-order valence-corrected chi connectivity index (χ4v) is 2.34. The van der Waals surface area contributed by atoms with Gasteiger partial charge in [0.25, 0.3) is 0 Å². The van der Waals surface area contributed by atoms with Gasteiger partial charge in [-0.15, -0.1) is 0 Å². The van der Waals surface area contributed by atoms with Gasteiger partial charge in [-0.25, -0.2) is 9.97 Å². The number of hydrogen-bond acceptors (Lipinski definition) is 5. The molecule has 1 aliphatic rings. The summed E-state index contributed by atoms with van der Waals surface area (Å²) in [5.74, 6) is 1.52. The molecule has 1 fully saturated rings. The predicted molar refractivity (Wildman–Crippen MR) is 73.5 cm³/mol. The normalized spacial score (nSPS) is 24.1. The van der Waals surface area contributed by atoms with E-state index in [1.54, 1.807) is 6.33 Å². The Hall–Kier alpha value is -0.880.